The van der Waals surface area contributed by atoms with E-state index in [1.54, 1.807) is 0 Å². The maximum absolute atomic E-state index is 13.0. The number of halogens is 2. The smallest absolute Gasteiger partial charge is 0.335 e. The van der Waals surface area contributed by atoms with Gasteiger partial charge in [-0.25, -0.2) is 9.18 Å². The van der Waals surface area contributed by atoms with Crippen molar-refractivity contribution in [2.45, 2.75) is 0 Å². The lowest BCUT2D eigenvalue weighted by molar-refractivity contribution is 0.0696. The predicted molar refractivity (Wildman–Crippen MR) is 82.1 cm³/mol. The quantitative estimate of drug-likeness (QED) is 0.545. The molecule has 0 aromatic heterocycles. The lowest BCUT2D eigenvalue weighted by atomic mass is 10.1. The molecule has 2 rings (SSSR count). The summed E-state index contributed by atoms with van der Waals surface area (Å²) in [6.45, 7) is 0. The number of aromatic hydroxyl groups is 1. The molecule has 0 unspecified atom stereocenters. The Morgan fingerprint density at radius 1 is 1.14 bits per heavy atom. The van der Waals surface area contributed by atoms with E-state index in [4.69, 9.17) is 5.11 Å². The van der Waals surface area contributed by atoms with Crippen molar-refractivity contribution in [2.24, 2.45) is 0 Å². The summed E-state index contributed by atoms with van der Waals surface area (Å²) in [5.74, 6) is -2.48. The summed E-state index contributed by atoms with van der Waals surface area (Å²) in [6, 6.07) is 7.19. The summed E-state index contributed by atoms with van der Waals surface area (Å²) in [6.07, 6.45) is 0. The summed E-state index contributed by atoms with van der Waals surface area (Å²) in [5, 5.41) is 20.9. The lowest BCUT2D eigenvalue weighted by Gasteiger charge is -2.09. The van der Waals surface area contributed by atoms with Gasteiger partial charge >= 0.3 is 5.97 Å². The van der Waals surface area contributed by atoms with Gasteiger partial charge < -0.3 is 15.5 Å². The molecule has 108 valence electrons. The van der Waals surface area contributed by atoms with E-state index in [0.717, 1.165) is 12.1 Å². The highest BCUT2D eigenvalue weighted by Crippen LogP contribution is 2.25. The Labute approximate surface area is 132 Å². The minimum Gasteiger partial charge on any atom is -0.506 e. The molecule has 0 aliphatic rings. The highest BCUT2D eigenvalue weighted by Gasteiger charge is 2.14. The van der Waals surface area contributed by atoms with Gasteiger partial charge in [-0.15, -0.1) is 0 Å². The third-order valence-corrected chi connectivity index (χ3v) is 3.56. The van der Waals surface area contributed by atoms with Crippen LogP contribution in [0.5, 0.6) is 5.75 Å². The van der Waals surface area contributed by atoms with Gasteiger partial charge in [0.2, 0.25) is 0 Å². The molecule has 3 N–H and O–H groups in total. The highest BCUT2D eigenvalue weighted by molar-refractivity contribution is 14.1. The molecule has 0 heterocycles. The largest absolute Gasteiger partial charge is 0.506 e. The van der Waals surface area contributed by atoms with Crippen LogP contribution in [0.2, 0.25) is 0 Å². The van der Waals surface area contributed by atoms with Crippen LogP contribution in [0.4, 0.5) is 10.1 Å². The van der Waals surface area contributed by atoms with Crippen LogP contribution in [-0.2, 0) is 0 Å². The Kier molecular flexibility index (Phi) is 4.41. The van der Waals surface area contributed by atoms with Crippen LogP contribution in [0.3, 0.4) is 0 Å². The van der Waals surface area contributed by atoms with Crippen molar-refractivity contribution in [1.82, 2.24) is 0 Å². The minimum absolute atomic E-state index is 0.0278. The first-order valence-electron chi connectivity index (χ1n) is 5.71. The summed E-state index contributed by atoms with van der Waals surface area (Å²) >= 11 is 1.81. The van der Waals surface area contributed by atoms with Crippen molar-refractivity contribution in [3.05, 3.63) is 56.9 Å². The van der Waals surface area contributed by atoms with E-state index in [-0.39, 0.29) is 22.6 Å². The number of phenolic OH excluding ortho intramolecular Hbond substituents is 1. The molecule has 0 radical (unpaired) electrons. The van der Waals surface area contributed by atoms with E-state index in [9.17, 15) is 19.1 Å². The molecule has 7 heteroatoms. The van der Waals surface area contributed by atoms with Crippen LogP contribution >= 0.6 is 22.6 Å². The second kappa shape index (κ2) is 6.08. The Hall–Kier alpha value is -2.16. The topological polar surface area (TPSA) is 86.6 Å². The zero-order chi connectivity index (χ0) is 15.6. The van der Waals surface area contributed by atoms with Gasteiger partial charge in [-0.05, 0) is 59.0 Å². The van der Waals surface area contributed by atoms with Gasteiger partial charge in [0.05, 0.1) is 16.8 Å². The summed E-state index contributed by atoms with van der Waals surface area (Å²) in [5.41, 5.74) is 0.119. The van der Waals surface area contributed by atoms with Crippen LogP contribution in [-0.4, -0.2) is 22.1 Å². The number of phenols is 1. The monoisotopic (exact) mass is 401 g/mol. The average molecular weight is 401 g/mol. The summed E-state index contributed by atoms with van der Waals surface area (Å²) < 4.78 is 13.4. The molecule has 0 saturated heterocycles. The first-order valence-corrected chi connectivity index (χ1v) is 6.79. The van der Waals surface area contributed by atoms with E-state index in [0.29, 0.717) is 3.57 Å². The van der Waals surface area contributed by atoms with Crippen LogP contribution in [0.15, 0.2) is 36.4 Å². The van der Waals surface area contributed by atoms with Crippen molar-refractivity contribution in [3.63, 3.8) is 0 Å². The number of aromatic carboxylic acids is 1. The zero-order valence-corrected chi connectivity index (χ0v) is 12.6. The molecule has 2 aromatic carbocycles. The lowest BCUT2D eigenvalue weighted by Crippen LogP contribution is -2.14. The summed E-state index contributed by atoms with van der Waals surface area (Å²) in [7, 11) is 0. The fourth-order valence-electron chi connectivity index (χ4n) is 1.63. The fourth-order valence-corrected chi connectivity index (χ4v) is 2.35. The van der Waals surface area contributed by atoms with Crippen molar-refractivity contribution < 1.29 is 24.2 Å². The molecule has 0 aliphatic heterocycles. The molecule has 2 aromatic rings. The molecule has 0 spiro atoms. The van der Waals surface area contributed by atoms with Crippen LogP contribution in [0, 0.1) is 9.39 Å². The molecule has 0 bridgehead atoms. The SMILES string of the molecule is O=C(O)c1ccc(O)c(NC(=O)c2ccc(F)cc2I)c1. The van der Waals surface area contributed by atoms with E-state index in [1.807, 2.05) is 22.6 Å². The summed E-state index contributed by atoms with van der Waals surface area (Å²) in [4.78, 5) is 23.0. The van der Waals surface area contributed by atoms with Gasteiger partial charge in [-0.2, -0.15) is 0 Å². The molecule has 0 aliphatic carbocycles. The van der Waals surface area contributed by atoms with Crippen LogP contribution < -0.4 is 5.32 Å². The average Bonchev–Trinajstić information content (AvgIpc) is 2.40. The molecule has 0 saturated carbocycles. The molecule has 5 nitrogen and oxygen atoms in total. The Morgan fingerprint density at radius 2 is 1.86 bits per heavy atom. The Bertz CT molecular complexity index is 733. The van der Waals surface area contributed by atoms with Gasteiger partial charge in [0.1, 0.15) is 11.6 Å². The second-order valence-corrected chi connectivity index (χ2v) is 5.28. The number of benzene rings is 2. The number of carbonyl (C=O) groups excluding carboxylic acids is 1. The number of anilines is 1. The molecule has 1 amide bonds. The van der Waals surface area contributed by atoms with Gasteiger partial charge in [-0.3, -0.25) is 4.79 Å². The number of rotatable bonds is 3. The highest BCUT2D eigenvalue weighted by atomic mass is 127. The first kappa shape index (κ1) is 15.2. The van der Waals surface area contributed by atoms with E-state index < -0.39 is 17.7 Å². The molecule has 21 heavy (non-hydrogen) atoms. The van der Waals surface area contributed by atoms with E-state index in [2.05, 4.69) is 5.32 Å². The normalized spacial score (nSPS) is 10.2. The Morgan fingerprint density at radius 3 is 2.48 bits per heavy atom. The van der Waals surface area contributed by atoms with Crippen molar-refractivity contribution >= 4 is 40.2 Å². The van der Waals surface area contributed by atoms with Gasteiger partial charge in [0.25, 0.3) is 5.91 Å². The standard InChI is InChI=1S/C14H9FINO4/c15-8-2-3-9(10(16)6-8)13(19)17-11-5-7(14(20)21)1-4-12(11)18/h1-6,18H,(H,17,19)(H,20,21). The van der Waals surface area contributed by atoms with Crippen molar-refractivity contribution in [1.29, 1.82) is 0 Å². The fraction of sp³-hybridized carbons (Fsp3) is 0. The molecule has 0 atom stereocenters. The molecular formula is C14H9FINO4. The third-order valence-electron chi connectivity index (χ3n) is 2.67. The number of carboxylic acid groups (broad SMARTS) is 1. The zero-order valence-electron chi connectivity index (χ0n) is 10.4. The third kappa shape index (κ3) is 3.48. The maximum Gasteiger partial charge on any atom is 0.335 e. The number of amides is 1. The number of carbonyl (C=O) groups is 2. The second-order valence-electron chi connectivity index (χ2n) is 4.12. The van der Waals surface area contributed by atoms with Crippen molar-refractivity contribution in [2.75, 3.05) is 5.32 Å². The predicted octanol–water partition coefficient (Wildman–Crippen LogP) is 3.09. The van der Waals surface area contributed by atoms with Gasteiger partial charge in [-0.1, -0.05) is 0 Å². The van der Waals surface area contributed by atoms with Gasteiger partial charge in [0.15, 0.2) is 0 Å². The first-order chi connectivity index (χ1) is 9.88. The van der Waals surface area contributed by atoms with E-state index >= 15 is 0 Å². The van der Waals surface area contributed by atoms with Crippen LogP contribution in [0.1, 0.15) is 20.7 Å². The number of hydrogen-bond acceptors (Lipinski definition) is 3. The van der Waals surface area contributed by atoms with Gasteiger partial charge in [0, 0.05) is 3.57 Å². The van der Waals surface area contributed by atoms with Crippen molar-refractivity contribution in [3.8, 4) is 5.75 Å². The Balaban J connectivity index is 2.31. The van der Waals surface area contributed by atoms with Crippen LogP contribution in [0.25, 0.3) is 0 Å². The maximum atomic E-state index is 13.0. The minimum atomic E-state index is -1.18. The molecule has 0 fully saturated rings. The molecular weight excluding hydrogens is 392 g/mol. The number of nitrogens with one attached hydrogen (secondary N) is 1. The number of carboxylic acids is 1. The van der Waals surface area contributed by atoms with E-state index in [1.165, 1.54) is 24.3 Å². The number of hydrogen-bond donors (Lipinski definition) is 3.